The highest BCUT2D eigenvalue weighted by molar-refractivity contribution is 7.21. The van der Waals surface area contributed by atoms with E-state index in [1.54, 1.807) is 23.4 Å². The van der Waals surface area contributed by atoms with Crippen LogP contribution >= 0.6 is 11.3 Å². The van der Waals surface area contributed by atoms with Crippen molar-refractivity contribution in [1.29, 1.82) is 0 Å². The maximum absolute atomic E-state index is 13.5. The van der Waals surface area contributed by atoms with Crippen molar-refractivity contribution in [2.45, 2.75) is 46.3 Å². The third-order valence-electron chi connectivity index (χ3n) is 4.74. The summed E-state index contributed by atoms with van der Waals surface area (Å²) in [7, 11) is 0. The highest BCUT2D eigenvalue weighted by Gasteiger charge is 2.22. The Hall–Kier alpha value is -3.00. The second-order valence-electron chi connectivity index (χ2n) is 8.57. The Kier molecular flexibility index (Phi) is 7.45. The number of amides is 2. The van der Waals surface area contributed by atoms with E-state index >= 15 is 0 Å². The number of rotatable bonds is 7. The molecule has 2 heterocycles. The molecular weight excluding hydrogens is 429 g/mol. The van der Waals surface area contributed by atoms with Crippen molar-refractivity contribution in [3.63, 3.8) is 0 Å². The molecule has 0 unspecified atom stereocenters. The number of hydrogen-bond donors (Lipinski definition) is 1. The van der Waals surface area contributed by atoms with Crippen LogP contribution in [0.15, 0.2) is 42.7 Å². The number of carbonyl (C=O) groups is 2. The van der Waals surface area contributed by atoms with Crippen LogP contribution in [0.5, 0.6) is 0 Å². The Morgan fingerprint density at radius 2 is 2.03 bits per heavy atom. The molecule has 0 aliphatic heterocycles. The molecule has 32 heavy (non-hydrogen) atoms. The lowest BCUT2D eigenvalue weighted by Crippen LogP contribution is -2.38. The first kappa shape index (κ1) is 23.7. The Morgan fingerprint density at radius 1 is 1.25 bits per heavy atom. The van der Waals surface area contributed by atoms with Crippen molar-refractivity contribution >= 4 is 33.4 Å². The van der Waals surface area contributed by atoms with Gasteiger partial charge in [-0.05, 0) is 74.9 Å². The van der Waals surface area contributed by atoms with Crippen LogP contribution in [0.1, 0.15) is 48.0 Å². The number of nitrogens with zero attached hydrogens (tertiary/aromatic N) is 2. The molecule has 0 aliphatic carbocycles. The van der Waals surface area contributed by atoms with E-state index in [-0.39, 0.29) is 11.7 Å². The minimum Gasteiger partial charge on any atom is -0.444 e. The second kappa shape index (κ2) is 10.1. The van der Waals surface area contributed by atoms with Gasteiger partial charge >= 0.3 is 6.09 Å². The molecule has 0 spiro atoms. The predicted octanol–water partition coefficient (Wildman–Crippen LogP) is 5.30. The molecule has 1 N–H and O–H groups in total. The molecule has 0 aliphatic rings. The molecule has 0 radical (unpaired) electrons. The average Bonchev–Trinajstić information content (AvgIpc) is 3.05. The molecule has 3 aromatic rings. The summed E-state index contributed by atoms with van der Waals surface area (Å²) in [6.07, 6.45) is 3.55. The molecule has 3 rings (SSSR count). The maximum atomic E-state index is 13.5. The van der Waals surface area contributed by atoms with Crippen molar-refractivity contribution in [3.05, 3.63) is 64.5 Å². The molecule has 6 nitrogen and oxygen atoms in total. The van der Waals surface area contributed by atoms with E-state index in [9.17, 15) is 14.0 Å². The van der Waals surface area contributed by atoms with Gasteiger partial charge in [0.15, 0.2) is 0 Å². The van der Waals surface area contributed by atoms with E-state index in [4.69, 9.17) is 4.74 Å². The van der Waals surface area contributed by atoms with Gasteiger partial charge in [-0.2, -0.15) is 0 Å². The SMILES string of the molecule is Cc1c(C(=O)NCCCN(Cc2cccnc2)C(=O)OC(C)(C)C)sc2ccc(F)cc12. The Morgan fingerprint density at radius 3 is 2.72 bits per heavy atom. The number of halogens is 1. The Balaban J connectivity index is 1.59. The lowest BCUT2D eigenvalue weighted by atomic mass is 10.1. The number of pyridine rings is 1. The Labute approximate surface area is 191 Å². The summed E-state index contributed by atoms with van der Waals surface area (Å²) < 4.78 is 19.9. The minimum absolute atomic E-state index is 0.194. The fourth-order valence-corrected chi connectivity index (χ4v) is 4.34. The highest BCUT2D eigenvalue weighted by atomic mass is 32.1. The number of thiophene rings is 1. The first-order valence-corrected chi connectivity index (χ1v) is 11.3. The molecule has 0 atom stereocenters. The van der Waals surface area contributed by atoms with Crippen molar-refractivity contribution < 1.29 is 18.7 Å². The zero-order valence-corrected chi connectivity index (χ0v) is 19.6. The molecule has 2 amide bonds. The summed E-state index contributed by atoms with van der Waals surface area (Å²) in [4.78, 5) is 31.6. The summed E-state index contributed by atoms with van der Waals surface area (Å²) in [6, 6.07) is 8.26. The lowest BCUT2D eigenvalue weighted by molar-refractivity contribution is 0.0232. The molecule has 1 aromatic carbocycles. The molecule has 0 saturated heterocycles. The quantitative estimate of drug-likeness (QED) is 0.489. The molecule has 0 saturated carbocycles. The van der Waals surface area contributed by atoms with Crippen LogP contribution in [0, 0.1) is 12.7 Å². The molecule has 0 bridgehead atoms. The van der Waals surface area contributed by atoms with Crippen LogP contribution in [-0.2, 0) is 11.3 Å². The van der Waals surface area contributed by atoms with Gasteiger partial charge in [-0.25, -0.2) is 9.18 Å². The number of aromatic nitrogens is 1. The fraction of sp³-hybridized carbons (Fsp3) is 0.375. The average molecular weight is 458 g/mol. The fourth-order valence-electron chi connectivity index (χ4n) is 3.24. The van der Waals surface area contributed by atoms with Crippen LogP contribution in [0.3, 0.4) is 0 Å². The number of hydrogen-bond acceptors (Lipinski definition) is 5. The van der Waals surface area contributed by atoms with Crippen molar-refractivity contribution in [2.75, 3.05) is 13.1 Å². The number of nitrogens with one attached hydrogen (secondary N) is 1. The van der Waals surface area contributed by atoms with E-state index in [2.05, 4.69) is 10.3 Å². The van der Waals surface area contributed by atoms with E-state index in [1.807, 2.05) is 39.8 Å². The third-order valence-corrected chi connectivity index (χ3v) is 6.01. The zero-order chi connectivity index (χ0) is 23.3. The van der Waals surface area contributed by atoms with E-state index in [1.165, 1.54) is 23.5 Å². The monoisotopic (exact) mass is 457 g/mol. The summed E-state index contributed by atoms with van der Waals surface area (Å²) in [6.45, 7) is 8.49. The summed E-state index contributed by atoms with van der Waals surface area (Å²) in [5.74, 6) is -0.513. The van der Waals surface area contributed by atoms with E-state index < -0.39 is 11.7 Å². The maximum Gasteiger partial charge on any atom is 0.410 e. The number of benzene rings is 1. The van der Waals surface area contributed by atoms with Gasteiger partial charge in [0.2, 0.25) is 0 Å². The second-order valence-corrected chi connectivity index (χ2v) is 9.62. The number of fused-ring (bicyclic) bond motifs is 1. The van der Waals surface area contributed by atoms with Gasteiger partial charge in [-0.15, -0.1) is 11.3 Å². The van der Waals surface area contributed by atoms with Crippen LogP contribution in [0.2, 0.25) is 0 Å². The van der Waals surface area contributed by atoms with E-state index in [0.29, 0.717) is 30.9 Å². The van der Waals surface area contributed by atoms with Crippen molar-refractivity contribution in [3.8, 4) is 0 Å². The van der Waals surface area contributed by atoms with Gasteiger partial charge in [-0.1, -0.05) is 6.07 Å². The largest absolute Gasteiger partial charge is 0.444 e. The van der Waals surface area contributed by atoms with Gasteiger partial charge in [0.05, 0.1) is 11.4 Å². The number of carbonyl (C=O) groups excluding carboxylic acids is 2. The van der Waals surface area contributed by atoms with Gasteiger partial charge in [0.25, 0.3) is 5.91 Å². The molecule has 2 aromatic heterocycles. The molecule has 8 heteroatoms. The Bertz CT molecular complexity index is 1090. The first-order chi connectivity index (χ1) is 15.1. The zero-order valence-electron chi connectivity index (χ0n) is 18.8. The smallest absolute Gasteiger partial charge is 0.410 e. The topological polar surface area (TPSA) is 71.5 Å². The van der Waals surface area contributed by atoms with Crippen molar-refractivity contribution in [1.82, 2.24) is 15.2 Å². The van der Waals surface area contributed by atoms with Gasteiger partial charge < -0.3 is 15.0 Å². The van der Waals surface area contributed by atoms with Gasteiger partial charge in [0.1, 0.15) is 11.4 Å². The summed E-state index contributed by atoms with van der Waals surface area (Å²) >= 11 is 1.35. The van der Waals surface area contributed by atoms with Crippen molar-refractivity contribution in [2.24, 2.45) is 0 Å². The number of ether oxygens (including phenoxy) is 1. The standard InChI is InChI=1S/C24H28FN3O3S/c1-16-19-13-18(25)8-9-20(19)32-21(16)22(29)27-11-6-12-28(23(30)31-24(2,3)4)15-17-7-5-10-26-14-17/h5,7-10,13-14H,6,11-12,15H2,1-4H3,(H,27,29). The van der Waals surface area contributed by atoms with Gasteiger partial charge in [-0.3, -0.25) is 9.78 Å². The van der Waals surface area contributed by atoms with Crippen LogP contribution in [0.4, 0.5) is 9.18 Å². The van der Waals surface area contributed by atoms with Crippen LogP contribution in [-0.4, -0.2) is 40.6 Å². The predicted molar refractivity (Wildman–Crippen MR) is 124 cm³/mol. The lowest BCUT2D eigenvalue weighted by Gasteiger charge is -2.27. The van der Waals surface area contributed by atoms with Gasteiger partial charge in [0, 0.05) is 30.2 Å². The van der Waals surface area contributed by atoms with E-state index in [0.717, 1.165) is 21.2 Å². The normalized spacial score (nSPS) is 11.4. The molecular formula is C24H28FN3O3S. The third kappa shape index (κ3) is 6.26. The minimum atomic E-state index is -0.601. The number of aryl methyl sites for hydroxylation is 1. The summed E-state index contributed by atoms with van der Waals surface area (Å²) in [5, 5.41) is 3.67. The summed E-state index contributed by atoms with van der Waals surface area (Å²) in [5.41, 5.74) is 1.07. The van der Waals surface area contributed by atoms with Crippen LogP contribution < -0.4 is 5.32 Å². The van der Waals surface area contributed by atoms with Crippen LogP contribution in [0.25, 0.3) is 10.1 Å². The first-order valence-electron chi connectivity index (χ1n) is 10.5. The molecule has 0 fully saturated rings. The molecule has 170 valence electrons. The highest BCUT2D eigenvalue weighted by Crippen LogP contribution is 2.31.